The normalized spacial score (nSPS) is 13.0. The van der Waals surface area contributed by atoms with Crippen molar-refractivity contribution < 1.29 is 9.90 Å². The van der Waals surface area contributed by atoms with Crippen molar-refractivity contribution in [1.82, 2.24) is 5.32 Å². The van der Waals surface area contributed by atoms with Crippen molar-refractivity contribution in [1.29, 1.82) is 0 Å². The zero-order valence-corrected chi connectivity index (χ0v) is 11.0. The lowest BCUT2D eigenvalue weighted by Gasteiger charge is -2.16. The van der Waals surface area contributed by atoms with Gasteiger partial charge in [-0.15, -0.1) is 0 Å². The van der Waals surface area contributed by atoms with Crippen molar-refractivity contribution in [3.63, 3.8) is 0 Å². The Kier molecular flexibility index (Phi) is 9.30. The summed E-state index contributed by atoms with van der Waals surface area (Å²) < 4.78 is 0. The molecule has 0 aliphatic carbocycles. The van der Waals surface area contributed by atoms with Crippen LogP contribution in [0, 0.1) is 5.92 Å². The fourth-order valence-electron chi connectivity index (χ4n) is 1.75. The van der Waals surface area contributed by atoms with Crippen molar-refractivity contribution in [2.75, 3.05) is 6.54 Å². The quantitative estimate of drug-likeness (QED) is 0.566. The molecule has 16 heavy (non-hydrogen) atoms. The minimum Gasteiger partial charge on any atom is -0.480 e. The summed E-state index contributed by atoms with van der Waals surface area (Å²) >= 11 is 0. The molecule has 0 amide bonds. The number of carboxylic acid groups (broad SMARTS) is 1. The maximum atomic E-state index is 10.9. The van der Waals surface area contributed by atoms with E-state index in [0.29, 0.717) is 12.3 Å². The smallest absolute Gasteiger partial charge is 0.320 e. The van der Waals surface area contributed by atoms with Crippen LogP contribution in [0.15, 0.2) is 0 Å². The molecule has 0 saturated carbocycles. The number of unbranched alkanes of at least 4 members (excludes halogenated alkanes) is 4. The number of hydrogen-bond donors (Lipinski definition) is 2. The van der Waals surface area contributed by atoms with Gasteiger partial charge in [0, 0.05) is 0 Å². The first-order valence-corrected chi connectivity index (χ1v) is 6.54. The Bertz CT molecular complexity index is 181. The Morgan fingerprint density at radius 1 is 1.19 bits per heavy atom. The highest BCUT2D eigenvalue weighted by atomic mass is 16.4. The molecule has 0 spiro atoms. The SMILES string of the molecule is CCCCCCCNC(CC(C)C)C(=O)O. The average molecular weight is 229 g/mol. The van der Waals surface area contributed by atoms with E-state index in [1.54, 1.807) is 0 Å². The van der Waals surface area contributed by atoms with Crippen LogP contribution in [-0.2, 0) is 4.79 Å². The highest BCUT2D eigenvalue weighted by Gasteiger charge is 2.17. The molecule has 2 N–H and O–H groups in total. The zero-order chi connectivity index (χ0) is 12.4. The third-order valence-electron chi connectivity index (χ3n) is 2.68. The van der Waals surface area contributed by atoms with Gasteiger partial charge in [-0.25, -0.2) is 0 Å². The second kappa shape index (κ2) is 9.64. The van der Waals surface area contributed by atoms with Gasteiger partial charge in [-0.2, -0.15) is 0 Å². The van der Waals surface area contributed by atoms with Crippen molar-refractivity contribution >= 4 is 5.97 Å². The van der Waals surface area contributed by atoms with Crippen LogP contribution in [0.25, 0.3) is 0 Å². The number of rotatable bonds is 10. The first kappa shape index (κ1) is 15.4. The van der Waals surface area contributed by atoms with Crippen LogP contribution in [-0.4, -0.2) is 23.7 Å². The third kappa shape index (κ3) is 8.72. The van der Waals surface area contributed by atoms with E-state index in [0.717, 1.165) is 13.0 Å². The van der Waals surface area contributed by atoms with Gasteiger partial charge in [0.05, 0.1) is 0 Å². The van der Waals surface area contributed by atoms with Crippen molar-refractivity contribution in [2.45, 2.75) is 65.3 Å². The van der Waals surface area contributed by atoms with E-state index in [4.69, 9.17) is 5.11 Å². The van der Waals surface area contributed by atoms with Crippen LogP contribution in [0.4, 0.5) is 0 Å². The van der Waals surface area contributed by atoms with Gasteiger partial charge in [0.1, 0.15) is 6.04 Å². The lowest BCUT2D eigenvalue weighted by atomic mass is 10.0. The molecule has 0 fully saturated rings. The van der Waals surface area contributed by atoms with Crippen molar-refractivity contribution in [3.05, 3.63) is 0 Å². The van der Waals surface area contributed by atoms with Gasteiger partial charge in [0.25, 0.3) is 0 Å². The lowest BCUT2D eigenvalue weighted by Crippen LogP contribution is -2.38. The average Bonchev–Trinajstić information content (AvgIpc) is 2.20. The summed E-state index contributed by atoms with van der Waals surface area (Å²) in [6, 6.07) is -0.369. The summed E-state index contributed by atoms with van der Waals surface area (Å²) in [6.45, 7) is 7.13. The second-order valence-corrected chi connectivity index (χ2v) is 4.89. The van der Waals surface area contributed by atoms with E-state index in [-0.39, 0.29) is 6.04 Å². The largest absolute Gasteiger partial charge is 0.480 e. The molecule has 0 aromatic heterocycles. The first-order chi connectivity index (χ1) is 7.57. The molecular weight excluding hydrogens is 202 g/mol. The van der Waals surface area contributed by atoms with Crippen LogP contribution in [0.3, 0.4) is 0 Å². The molecule has 96 valence electrons. The van der Waals surface area contributed by atoms with Crippen LogP contribution in [0.2, 0.25) is 0 Å². The van der Waals surface area contributed by atoms with Gasteiger partial charge in [0.2, 0.25) is 0 Å². The summed E-state index contributed by atoms with van der Waals surface area (Å²) in [4.78, 5) is 10.9. The maximum absolute atomic E-state index is 10.9. The van der Waals surface area contributed by atoms with Crippen molar-refractivity contribution in [2.24, 2.45) is 5.92 Å². The van der Waals surface area contributed by atoms with Crippen LogP contribution in [0.5, 0.6) is 0 Å². The Hall–Kier alpha value is -0.570. The minimum atomic E-state index is -0.720. The Balaban J connectivity index is 3.57. The molecular formula is C13H27NO2. The fraction of sp³-hybridized carbons (Fsp3) is 0.923. The third-order valence-corrected chi connectivity index (χ3v) is 2.68. The molecule has 0 aromatic rings. The Morgan fingerprint density at radius 2 is 1.81 bits per heavy atom. The van der Waals surface area contributed by atoms with Gasteiger partial charge in [-0.1, -0.05) is 46.5 Å². The molecule has 0 bridgehead atoms. The summed E-state index contributed by atoms with van der Waals surface area (Å²) in [5.74, 6) is -0.295. The van der Waals surface area contributed by atoms with E-state index < -0.39 is 5.97 Å². The molecule has 1 atom stereocenters. The monoisotopic (exact) mass is 229 g/mol. The fourth-order valence-corrected chi connectivity index (χ4v) is 1.75. The number of carbonyl (C=O) groups is 1. The van der Waals surface area contributed by atoms with Gasteiger partial charge < -0.3 is 10.4 Å². The molecule has 0 saturated heterocycles. The predicted molar refractivity (Wildman–Crippen MR) is 67.6 cm³/mol. The number of carboxylic acids is 1. The van der Waals surface area contributed by atoms with E-state index in [2.05, 4.69) is 26.1 Å². The Morgan fingerprint density at radius 3 is 2.31 bits per heavy atom. The van der Waals surface area contributed by atoms with E-state index in [9.17, 15) is 4.79 Å². The lowest BCUT2D eigenvalue weighted by molar-refractivity contribution is -0.139. The standard InChI is InChI=1S/C13H27NO2/c1-4-5-6-7-8-9-14-12(13(15)16)10-11(2)3/h11-12,14H,4-10H2,1-3H3,(H,15,16). The minimum absolute atomic E-state index is 0.369. The summed E-state index contributed by atoms with van der Waals surface area (Å²) in [7, 11) is 0. The summed E-state index contributed by atoms with van der Waals surface area (Å²) in [5.41, 5.74) is 0. The van der Waals surface area contributed by atoms with E-state index in [1.165, 1.54) is 25.7 Å². The van der Waals surface area contributed by atoms with E-state index in [1.807, 2.05) is 0 Å². The molecule has 0 heterocycles. The number of hydrogen-bond acceptors (Lipinski definition) is 2. The van der Waals surface area contributed by atoms with Gasteiger partial charge in [-0.05, 0) is 25.3 Å². The van der Waals surface area contributed by atoms with E-state index >= 15 is 0 Å². The predicted octanol–water partition coefficient (Wildman–Crippen LogP) is 3.05. The van der Waals surface area contributed by atoms with Gasteiger partial charge in [0.15, 0.2) is 0 Å². The number of aliphatic carboxylic acids is 1. The Labute approximate surface area is 99.6 Å². The highest BCUT2D eigenvalue weighted by molar-refractivity contribution is 5.73. The summed E-state index contributed by atoms with van der Waals surface area (Å²) in [6.07, 6.45) is 6.80. The first-order valence-electron chi connectivity index (χ1n) is 6.54. The molecule has 1 unspecified atom stereocenters. The summed E-state index contributed by atoms with van der Waals surface area (Å²) in [5, 5.41) is 12.1. The van der Waals surface area contributed by atoms with Gasteiger partial charge in [-0.3, -0.25) is 4.79 Å². The van der Waals surface area contributed by atoms with Gasteiger partial charge >= 0.3 is 5.97 Å². The molecule has 0 radical (unpaired) electrons. The molecule has 0 aliphatic heterocycles. The van der Waals surface area contributed by atoms with Crippen molar-refractivity contribution in [3.8, 4) is 0 Å². The van der Waals surface area contributed by atoms with Crippen LogP contribution < -0.4 is 5.32 Å². The zero-order valence-electron chi connectivity index (χ0n) is 11.0. The second-order valence-electron chi connectivity index (χ2n) is 4.89. The molecule has 3 nitrogen and oxygen atoms in total. The maximum Gasteiger partial charge on any atom is 0.320 e. The topological polar surface area (TPSA) is 49.3 Å². The van der Waals surface area contributed by atoms with Crippen LogP contribution in [0.1, 0.15) is 59.3 Å². The number of nitrogens with one attached hydrogen (secondary N) is 1. The molecule has 3 heteroatoms. The molecule has 0 aliphatic rings. The molecule has 0 aromatic carbocycles. The molecule has 0 rings (SSSR count). The van der Waals surface area contributed by atoms with Crippen LogP contribution >= 0.6 is 0 Å². The highest BCUT2D eigenvalue weighted by Crippen LogP contribution is 2.06.